The lowest BCUT2D eigenvalue weighted by Crippen LogP contribution is -2.40. The third-order valence-electron chi connectivity index (χ3n) is 5.90. The molecule has 3 aromatic heterocycles. The Hall–Kier alpha value is -4.60. The van der Waals surface area contributed by atoms with Gasteiger partial charge in [-0.15, -0.1) is 0 Å². The first-order valence-corrected chi connectivity index (χ1v) is 12.6. The highest BCUT2D eigenvalue weighted by Gasteiger charge is 2.27. The molecule has 0 aliphatic rings. The zero-order valence-electron chi connectivity index (χ0n) is 22.9. The van der Waals surface area contributed by atoms with E-state index in [0.717, 1.165) is 5.56 Å². The smallest absolute Gasteiger partial charge is 0.408 e. The van der Waals surface area contributed by atoms with Gasteiger partial charge in [0.05, 0.1) is 17.4 Å². The number of fused-ring (bicyclic) bond motifs is 1. The molecule has 0 spiro atoms. The summed E-state index contributed by atoms with van der Waals surface area (Å²) in [7, 11) is 0. The number of aromatic nitrogens is 4. The second-order valence-corrected chi connectivity index (χ2v) is 10.6. The summed E-state index contributed by atoms with van der Waals surface area (Å²) in [6, 6.07) is 7.83. The Morgan fingerprint density at radius 3 is 2.38 bits per heavy atom. The third-order valence-corrected chi connectivity index (χ3v) is 5.90. The lowest BCUT2D eigenvalue weighted by molar-refractivity contribution is -0.118. The Morgan fingerprint density at radius 1 is 1.00 bits per heavy atom. The van der Waals surface area contributed by atoms with Gasteiger partial charge >= 0.3 is 6.09 Å². The fourth-order valence-corrected chi connectivity index (χ4v) is 4.05. The summed E-state index contributed by atoms with van der Waals surface area (Å²) in [6.07, 6.45) is 6.97. The van der Waals surface area contributed by atoms with Crippen LogP contribution in [0.5, 0.6) is 0 Å². The van der Waals surface area contributed by atoms with Gasteiger partial charge in [0.15, 0.2) is 5.78 Å². The van der Waals surface area contributed by atoms with Crippen LogP contribution in [-0.4, -0.2) is 42.9 Å². The van der Waals surface area contributed by atoms with Gasteiger partial charge in [-0.25, -0.2) is 14.8 Å². The first-order valence-electron chi connectivity index (χ1n) is 12.6. The lowest BCUT2D eigenvalue weighted by Gasteiger charge is -2.23. The molecule has 2 N–H and O–H groups in total. The first kappa shape index (κ1) is 27.4. The molecule has 1 unspecified atom stereocenters. The summed E-state index contributed by atoms with van der Waals surface area (Å²) in [5.41, 5.74) is 2.54. The maximum absolute atomic E-state index is 13.5. The number of nitrogens with one attached hydrogen (secondary N) is 2. The minimum absolute atomic E-state index is 0.0869. The number of hydrogen-bond donors (Lipinski definition) is 2. The van der Waals surface area contributed by atoms with E-state index in [9.17, 15) is 14.4 Å². The van der Waals surface area contributed by atoms with Crippen molar-refractivity contribution in [2.45, 2.75) is 59.2 Å². The van der Waals surface area contributed by atoms with Crippen LogP contribution in [0.1, 0.15) is 73.8 Å². The quantitative estimate of drug-likeness (QED) is 0.317. The molecule has 4 rings (SSSR count). The van der Waals surface area contributed by atoms with E-state index >= 15 is 0 Å². The van der Waals surface area contributed by atoms with Crippen molar-refractivity contribution in [3.63, 3.8) is 0 Å². The maximum Gasteiger partial charge on any atom is 0.408 e. The summed E-state index contributed by atoms with van der Waals surface area (Å²) in [6.45, 7) is 11.2. The van der Waals surface area contributed by atoms with Gasteiger partial charge < -0.3 is 19.9 Å². The van der Waals surface area contributed by atoms with Crippen molar-refractivity contribution >= 4 is 34.5 Å². The van der Waals surface area contributed by atoms with Gasteiger partial charge in [-0.1, -0.05) is 29.8 Å². The topological polar surface area (TPSA) is 128 Å². The van der Waals surface area contributed by atoms with Crippen LogP contribution in [0.15, 0.2) is 61.4 Å². The number of hydrogen-bond acceptors (Lipinski definition) is 7. The van der Waals surface area contributed by atoms with Crippen LogP contribution in [0, 0.1) is 6.92 Å². The second-order valence-electron chi connectivity index (χ2n) is 10.6. The number of alkyl carbamates (subject to hydrolysis) is 1. The highest BCUT2D eigenvalue weighted by atomic mass is 16.6. The molecule has 4 aromatic rings. The highest BCUT2D eigenvalue weighted by Crippen LogP contribution is 2.25. The molecule has 0 saturated heterocycles. The number of rotatable bonds is 7. The van der Waals surface area contributed by atoms with E-state index < -0.39 is 23.6 Å². The van der Waals surface area contributed by atoms with Crippen molar-refractivity contribution in [2.24, 2.45) is 0 Å². The van der Waals surface area contributed by atoms with Gasteiger partial charge in [-0.2, -0.15) is 0 Å². The van der Waals surface area contributed by atoms with Crippen LogP contribution in [0.4, 0.5) is 10.5 Å². The van der Waals surface area contributed by atoms with Crippen LogP contribution < -0.4 is 10.6 Å². The number of amides is 2. The molecule has 2 amide bonds. The number of ketones is 1. The Bertz CT molecular complexity index is 1520. The van der Waals surface area contributed by atoms with Gasteiger partial charge in [-0.05, 0) is 53.2 Å². The van der Waals surface area contributed by atoms with Gasteiger partial charge in [0.25, 0.3) is 5.91 Å². The summed E-state index contributed by atoms with van der Waals surface area (Å²) < 4.78 is 7.28. The highest BCUT2D eigenvalue weighted by molar-refractivity contribution is 6.16. The van der Waals surface area contributed by atoms with Crippen LogP contribution in [0.25, 0.3) is 11.0 Å². The number of aryl methyl sites for hydroxylation is 1. The molecule has 0 aliphatic heterocycles. The predicted molar refractivity (Wildman–Crippen MR) is 148 cm³/mol. The first-order chi connectivity index (χ1) is 18.4. The van der Waals surface area contributed by atoms with E-state index in [-0.39, 0.29) is 17.4 Å². The maximum atomic E-state index is 13.5. The number of benzene rings is 1. The lowest BCUT2D eigenvalue weighted by atomic mass is 10.0. The Balaban J connectivity index is 1.61. The van der Waals surface area contributed by atoms with Crippen molar-refractivity contribution in [1.29, 1.82) is 0 Å². The van der Waals surface area contributed by atoms with Gasteiger partial charge in [-0.3, -0.25) is 14.6 Å². The molecular formula is C29H32N6O4. The summed E-state index contributed by atoms with van der Waals surface area (Å²) >= 11 is 0. The van der Waals surface area contributed by atoms with Gasteiger partial charge in [0.1, 0.15) is 23.6 Å². The number of carbonyl (C=O) groups is 3. The average molecular weight is 529 g/mol. The average Bonchev–Trinajstić information content (AvgIpc) is 3.27. The van der Waals surface area contributed by atoms with E-state index in [4.69, 9.17) is 4.74 Å². The van der Waals surface area contributed by atoms with Crippen LogP contribution in [0.2, 0.25) is 0 Å². The monoisotopic (exact) mass is 528 g/mol. The largest absolute Gasteiger partial charge is 0.444 e. The fraction of sp³-hybridized carbons (Fsp3) is 0.310. The Morgan fingerprint density at radius 2 is 1.72 bits per heavy atom. The fourth-order valence-electron chi connectivity index (χ4n) is 4.05. The third kappa shape index (κ3) is 6.46. The number of pyridine rings is 1. The van der Waals surface area contributed by atoms with Crippen molar-refractivity contribution < 1.29 is 19.1 Å². The van der Waals surface area contributed by atoms with Crippen LogP contribution in [0.3, 0.4) is 0 Å². The zero-order valence-corrected chi connectivity index (χ0v) is 22.9. The Labute approximate surface area is 226 Å². The van der Waals surface area contributed by atoms with Crippen LogP contribution >= 0.6 is 0 Å². The number of nitrogens with zero attached hydrogens (tertiary/aromatic N) is 4. The van der Waals surface area contributed by atoms with Gasteiger partial charge in [0.2, 0.25) is 0 Å². The van der Waals surface area contributed by atoms with Crippen molar-refractivity contribution in [3.05, 3.63) is 83.7 Å². The summed E-state index contributed by atoms with van der Waals surface area (Å²) in [4.78, 5) is 52.0. The molecule has 3 heterocycles. The minimum Gasteiger partial charge on any atom is -0.444 e. The molecule has 10 heteroatoms. The second kappa shape index (κ2) is 11.0. The Kier molecular flexibility index (Phi) is 7.75. The summed E-state index contributed by atoms with van der Waals surface area (Å²) in [5, 5.41) is 6.06. The molecule has 0 radical (unpaired) electrons. The minimum atomic E-state index is -1.04. The van der Waals surface area contributed by atoms with E-state index in [1.165, 1.54) is 18.7 Å². The van der Waals surface area contributed by atoms with E-state index in [1.54, 1.807) is 51.4 Å². The SMILES string of the molecule is Cc1ccc(C(NC(=O)OC(C)(C)C)C(=O)Nc2cncc(C(=O)c3cn(C(C)C)c4ncncc34)c2)cc1. The standard InChI is InChI=1S/C29H32N6O4/c1-17(2)35-15-23(22-14-31-16-32-26(22)35)25(36)20-11-21(13-30-12-20)33-27(37)24(19-9-7-18(3)8-10-19)34-28(38)39-29(4,5)6/h7-17,24H,1-6H3,(H,33,37)(H,34,38). The molecule has 39 heavy (non-hydrogen) atoms. The van der Waals surface area contributed by atoms with E-state index in [0.29, 0.717) is 27.8 Å². The molecule has 202 valence electrons. The molecule has 10 nitrogen and oxygen atoms in total. The molecule has 1 aromatic carbocycles. The zero-order chi connectivity index (χ0) is 28.3. The van der Waals surface area contributed by atoms with Crippen LogP contribution in [-0.2, 0) is 9.53 Å². The molecular weight excluding hydrogens is 496 g/mol. The van der Waals surface area contributed by atoms with Crippen molar-refractivity contribution in [2.75, 3.05) is 5.32 Å². The number of carbonyl (C=O) groups excluding carboxylic acids is 3. The van der Waals surface area contributed by atoms with Gasteiger partial charge in [0, 0.05) is 35.6 Å². The molecule has 0 bridgehead atoms. The predicted octanol–water partition coefficient (Wildman–Crippen LogP) is 5.15. The summed E-state index contributed by atoms with van der Waals surface area (Å²) in [5.74, 6) is -0.791. The van der Waals surface area contributed by atoms with Crippen molar-refractivity contribution in [3.8, 4) is 0 Å². The van der Waals surface area contributed by atoms with E-state index in [2.05, 4.69) is 25.6 Å². The molecule has 0 aliphatic carbocycles. The number of anilines is 1. The van der Waals surface area contributed by atoms with E-state index in [1.807, 2.05) is 37.5 Å². The number of ether oxygens (including phenoxy) is 1. The molecule has 1 atom stereocenters. The normalized spacial score (nSPS) is 12.3. The van der Waals surface area contributed by atoms with Crippen molar-refractivity contribution in [1.82, 2.24) is 24.8 Å². The molecule has 0 fully saturated rings. The molecule has 0 saturated carbocycles.